The maximum atomic E-state index is 10.4. The van der Waals surface area contributed by atoms with Gasteiger partial charge in [0.15, 0.2) is 0 Å². The Labute approximate surface area is 64.4 Å². The molecule has 0 saturated carbocycles. The van der Waals surface area contributed by atoms with Crippen molar-refractivity contribution in [3.05, 3.63) is 12.2 Å². The number of carbonyl (C=O) groups is 1. The van der Waals surface area contributed by atoms with E-state index in [4.69, 9.17) is 0 Å². The molecule has 36 valence electrons. The molecular weight excluding hydrogens is 392 g/mol. The van der Waals surface area contributed by atoms with E-state index in [2.05, 4.69) is 17.7 Å². The van der Waals surface area contributed by atoms with Crippen molar-refractivity contribution in [1.82, 2.24) is 0 Å². The quantitative estimate of drug-likeness (QED) is 0.393. The number of hydrogen-bond acceptors (Lipinski definition) is 1. The number of rotatable bonds is 2. The van der Waals surface area contributed by atoms with Crippen LogP contribution in [0.4, 0.5) is 0 Å². The van der Waals surface area contributed by atoms with Crippen LogP contribution in [0.1, 0.15) is 6.92 Å². The van der Waals surface area contributed by atoms with Crippen LogP contribution in [-0.2, 0) is 25.0 Å². The van der Waals surface area contributed by atoms with E-state index < -0.39 is 20.2 Å². The summed E-state index contributed by atoms with van der Waals surface area (Å²) in [7, 11) is 0. The Bertz CT molecular complexity index is 89.7. The SMILES string of the molecule is C/C=C/[C](=O)[Hg][I]. The summed E-state index contributed by atoms with van der Waals surface area (Å²) >= 11 is 1.22. The Hall–Kier alpha value is 1.08. The van der Waals surface area contributed by atoms with Gasteiger partial charge in [0.1, 0.15) is 0 Å². The molecule has 0 heterocycles. The first-order valence-corrected chi connectivity index (χ1v) is 20.2. The fraction of sp³-hybridized carbons (Fsp3) is 0.250. The fourth-order valence-electron chi connectivity index (χ4n) is 0.230. The van der Waals surface area contributed by atoms with Gasteiger partial charge in [-0.2, -0.15) is 0 Å². The van der Waals surface area contributed by atoms with Gasteiger partial charge in [0, 0.05) is 0 Å². The van der Waals surface area contributed by atoms with Crippen molar-refractivity contribution in [3.8, 4) is 0 Å². The molecule has 0 aliphatic carbocycles. The predicted molar refractivity (Wildman–Crippen MR) is 33.8 cm³/mol. The molecular formula is C4H5HgIO. The summed E-state index contributed by atoms with van der Waals surface area (Å²) in [6.45, 7) is 1.87. The molecule has 0 aromatic rings. The third-order valence-electron chi connectivity index (χ3n) is 0.484. The molecule has 0 N–H and O–H groups in total. The van der Waals surface area contributed by atoms with Gasteiger partial charge in [-0.15, -0.1) is 0 Å². The second-order valence-electron chi connectivity index (χ2n) is 1.10. The van der Waals surface area contributed by atoms with Crippen LogP contribution in [0.25, 0.3) is 0 Å². The molecule has 0 aromatic heterocycles. The van der Waals surface area contributed by atoms with Gasteiger partial charge in [-0.1, -0.05) is 0 Å². The zero-order valence-corrected chi connectivity index (χ0v) is 11.8. The van der Waals surface area contributed by atoms with E-state index in [0.717, 1.165) is 0 Å². The van der Waals surface area contributed by atoms with Gasteiger partial charge in [0.2, 0.25) is 0 Å². The average Bonchev–Trinajstić information content (AvgIpc) is 1.68. The molecule has 0 radical (unpaired) electrons. The Kier molecular flexibility index (Phi) is 6.02. The van der Waals surface area contributed by atoms with E-state index in [-0.39, 0.29) is 0 Å². The summed E-state index contributed by atoms with van der Waals surface area (Å²) in [4.78, 5) is 10.4. The van der Waals surface area contributed by atoms with E-state index in [9.17, 15) is 4.79 Å². The molecule has 7 heavy (non-hydrogen) atoms. The minimum absolute atomic E-state index is 0.406. The van der Waals surface area contributed by atoms with Gasteiger partial charge in [0.05, 0.1) is 0 Å². The molecule has 0 saturated heterocycles. The third-order valence-corrected chi connectivity index (χ3v) is 9.02. The van der Waals surface area contributed by atoms with Crippen LogP contribution in [-0.4, -0.2) is 3.29 Å². The van der Waals surface area contributed by atoms with Crippen LogP contribution < -0.4 is 0 Å². The van der Waals surface area contributed by atoms with Crippen molar-refractivity contribution in [2.24, 2.45) is 0 Å². The van der Waals surface area contributed by atoms with Gasteiger partial charge in [-0.25, -0.2) is 0 Å². The molecule has 0 aliphatic rings. The van der Waals surface area contributed by atoms with Crippen molar-refractivity contribution in [2.45, 2.75) is 6.92 Å². The van der Waals surface area contributed by atoms with Crippen molar-refractivity contribution in [3.63, 3.8) is 0 Å². The second kappa shape index (κ2) is 5.22. The fourth-order valence-corrected chi connectivity index (χ4v) is 3.72. The molecule has 3 heteroatoms. The molecule has 0 aromatic carbocycles. The maximum absolute atomic E-state index is 10.4. The summed E-state index contributed by atoms with van der Waals surface area (Å²) in [6.07, 6.45) is 3.48. The van der Waals surface area contributed by atoms with Crippen LogP contribution in [0.5, 0.6) is 0 Å². The Balaban J connectivity index is 3.37. The Morgan fingerprint density at radius 3 is 2.57 bits per heavy atom. The monoisotopic (exact) mass is 398 g/mol. The number of carbonyl (C=O) groups excluding carboxylic acids is 1. The first kappa shape index (κ1) is 8.08. The van der Waals surface area contributed by atoms with Crippen molar-refractivity contribution < 1.29 is 25.0 Å². The normalized spacial score (nSPS) is 8.86. The van der Waals surface area contributed by atoms with Crippen LogP contribution in [0, 0.1) is 0 Å². The van der Waals surface area contributed by atoms with Crippen molar-refractivity contribution in [1.29, 1.82) is 0 Å². The zero-order chi connectivity index (χ0) is 5.70. The molecule has 1 nitrogen and oxygen atoms in total. The molecule has 0 rings (SSSR count). The van der Waals surface area contributed by atoms with E-state index >= 15 is 0 Å². The topological polar surface area (TPSA) is 17.1 Å². The zero-order valence-electron chi connectivity index (χ0n) is 4.15. The van der Waals surface area contributed by atoms with Crippen molar-refractivity contribution in [2.75, 3.05) is 0 Å². The van der Waals surface area contributed by atoms with Crippen LogP contribution in [0.2, 0.25) is 0 Å². The van der Waals surface area contributed by atoms with Gasteiger partial charge < -0.3 is 0 Å². The molecule has 0 aliphatic heterocycles. The van der Waals surface area contributed by atoms with E-state index in [0.29, 0.717) is 3.29 Å². The second-order valence-corrected chi connectivity index (χ2v) is 11.5. The molecule has 0 amide bonds. The Morgan fingerprint density at radius 1 is 1.86 bits per heavy atom. The number of allylic oxidation sites excluding steroid dienone is 2. The first-order chi connectivity index (χ1) is 3.31. The molecule has 0 unspecified atom stereocenters. The molecule has 0 fully saturated rings. The summed E-state index contributed by atoms with van der Waals surface area (Å²) < 4.78 is 0.406. The van der Waals surface area contributed by atoms with Gasteiger partial charge >= 0.3 is 65.1 Å². The van der Waals surface area contributed by atoms with Crippen LogP contribution >= 0.6 is 17.7 Å². The molecule has 0 bridgehead atoms. The minimum atomic E-state index is -1.04. The summed E-state index contributed by atoms with van der Waals surface area (Å²) in [6, 6.07) is 0. The number of hydrogen-bond donors (Lipinski definition) is 0. The third kappa shape index (κ3) is 4.94. The molecule has 0 atom stereocenters. The molecule has 0 spiro atoms. The van der Waals surface area contributed by atoms with Gasteiger partial charge in [-0.05, 0) is 0 Å². The summed E-state index contributed by atoms with van der Waals surface area (Å²) in [5.41, 5.74) is 0. The van der Waals surface area contributed by atoms with Crippen LogP contribution in [0.3, 0.4) is 0 Å². The van der Waals surface area contributed by atoms with E-state index in [1.54, 1.807) is 12.2 Å². The van der Waals surface area contributed by atoms with Gasteiger partial charge in [-0.3, -0.25) is 0 Å². The van der Waals surface area contributed by atoms with Crippen molar-refractivity contribution >= 4 is 21.0 Å². The standard InChI is InChI=1S/C4H5O.Hg.HI/c1-2-3-4-5;;/h2-3H,1H3;;1H/q;+1;/p-1/b3-2+;;. The van der Waals surface area contributed by atoms with Gasteiger partial charge in [0.25, 0.3) is 0 Å². The number of halogens is 1. The summed E-state index contributed by atoms with van der Waals surface area (Å²) in [5, 5.41) is 0. The summed E-state index contributed by atoms with van der Waals surface area (Å²) in [5.74, 6) is 0. The van der Waals surface area contributed by atoms with E-state index in [1.807, 2.05) is 6.92 Å². The first-order valence-electron chi connectivity index (χ1n) is 2.02. The average molecular weight is 397 g/mol. The van der Waals surface area contributed by atoms with Crippen LogP contribution in [0.15, 0.2) is 12.2 Å². The Morgan fingerprint density at radius 2 is 2.43 bits per heavy atom. The van der Waals surface area contributed by atoms with E-state index in [1.165, 1.54) is 0 Å². The predicted octanol–water partition coefficient (Wildman–Crippen LogP) is 1.52.